The molecule has 0 atom stereocenters. The van der Waals surface area contributed by atoms with Gasteiger partial charge in [-0.15, -0.1) is 0 Å². The lowest BCUT2D eigenvalue weighted by Gasteiger charge is -2.21. The van der Waals surface area contributed by atoms with Crippen LogP contribution in [-0.2, 0) is 10.0 Å². The third kappa shape index (κ3) is 5.42. The Kier molecular flexibility index (Phi) is 7.33. The summed E-state index contributed by atoms with van der Waals surface area (Å²) in [6, 6.07) is 11.4. The molecule has 7 nitrogen and oxygen atoms in total. The molecule has 0 radical (unpaired) electrons. The molecule has 1 aromatic heterocycles. The molecule has 3 rings (SSSR count). The summed E-state index contributed by atoms with van der Waals surface area (Å²) in [5.74, 6) is -0.224. The standard InChI is InChI=1S/C21H25ClN4O3S2/c1-24(2)12-5-13-26(21-23-18-11-8-16(22)14-19(18)30-21)20(27)15-6-9-17(10-7-15)31(28,29)25(3)4/h6-11,14H,5,12-13H2,1-4H3. The molecule has 1 heterocycles. The fourth-order valence-electron chi connectivity index (χ4n) is 2.97. The Bertz CT molecular complexity index is 1180. The van der Waals surface area contributed by atoms with E-state index in [1.54, 1.807) is 23.1 Å². The van der Waals surface area contributed by atoms with Gasteiger partial charge < -0.3 is 4.90 Å². The van der Waals surface area contributed by atoms with E-state index in [-0.39, 0.29) is 10.8 Å². The highest BCUT2D eigenvalue weighted by atomic mass is 35.5. The first kappa shape index (κ1) is 23.6. The molecule has 0 aliphatic heterocycles. The molecule has 0 saturated carbocycles. The first-order valence-electron chi connectivity index (χ1n) is 9.65. The normalized spacial score (nSPS) is 12.1. The second kappa shape index (κ2) is 9.62. The van der Waals surface area contributed by atoms with Crippen LogP contribution in [0.3, 0.4) is 0 Å². The lowest BCUT2D eigenvalue weighted by atomic mass is 10.2. The Morgan fingerprint density at radius 2 is 1.71 bits per heavy atom. The van der Waals surface area contributed by atoms with Gasteiger partial charge in [0.15, 0.2) is 5.13 Å². The lowest BCUT2D eigenvalue weighted by molar-refractivity contribution is 0.0986. The second-order valence-electron chi connectivity index (χ2n) is 7.53. The van der Waals surface area contributed by atoms with Crippen LogP contribution < -0.4 is 4.90 Å². The van der Waals surface area contributed by atoms with Crippen LogP contribution in [0.5, 0.6) is 0 Å². The van der Waals surface area contributed by atoms with Gasteiger partial charge in [-0.3, -0.25) is 9.69 Å². The van der Waals surface area contributed by atoms with Crippen molar-refractivity contribution >= 4 is 54.2 Å². The number of fused-ring (bicyclic) bond motifs is 1. The molecule has 10 heteroatoms. The van der Waals surface area contributed by atoms with E-state index in [9.17, 15) is 13.2 Å². The van der Waals surface area contributed by atoms with Gasteiger partial charge in [0.25, 0.3) is 5.91 Å². The van der Waals surface area contributed by atoms with Crippen LogP contribution in [0.4, 0.5) is 5.13 Å². The smallest absolute Gasteiger partial charge is 0.260 e. The van der Waals surface area contributed by atoms with Crippen molar-refractivity contribution in [3.63, 3.8) is 0 Å². The highest BCUT2D eigenvalue weighted by molar-refractivity contribution is 7.89. The SMILES string of the molecule is CN(C)CCCN(C(=O)c1ccc(S(=O)(=O)N(C)C)cc1)c1nc2ccc(Cl)cc2s1. The van der Waals surface area contributed by atoms with Gasteiger partial charge in [-0.2, -0.15) is 0 Å². The summed E-state index contributed by atoms with van der Waals surface area (Å²) < 4.78 is 26.7. The van der Waals surface area contributed by atoms with Crippen molar-refractivity contribution in [2.75, 3.05) is 46.2 Å². The number of anilines is 1. The van der Waals surface area contributed by atoms with Crippen molar-refractivity contribution in [1.82, 2.24) is 14.2 Å². The first-order valence-corrected chi connectivity index (χ1v) is 12.3. The summed E-state index contributed by atoms with van der Waals surface area (Å²) in [5, 5.41) is 1.21. The zero-order valence-electron chi connectivity index (χ0n) is 17.9. The fraction of sp³-hybridized carbons (Fsp3) is 0.333. The quantitative estimate of drug-likeness (QED) is 0.490. The van der Waals surface area contributed by atoms with Crippen molar-refractivity contribution in [3.05, 3.63) is 53.1 Å². The molecular formula is C21H25ClN4O3S2. The largest absolute Gasteiger partial charge is 0.309 e. The molecule has 1 amide bonds. The third-order valence-electron chi connectivity index (χ3n) is 4.68. The zero-order chi connectivity index (χ0) is 22.8. The summed E-state index contributed by atoms with van der Waals surface area (Å²) in [5.41, 5.74) is 1.18. The summed E-state index contributed by atoms with van der Waals surface area (Å²) in [7, 11) is 3.35. The molecule has 2 aromatic carbocycles. The van der Waals surface area contributed by atoms with Gasteiger partial charge in [0, 0.05) is 31.2 Å². The second-order valence-corrected chi connectivity index (χ2v) is 11.1. The third-order valence-corrected chi connectivity index (χ3v) is 7.79. The van der Waals surface area contributed by atoms with Gasteiger partial charge in [0.1, 0.15) is 0 Å². The summed E-state index contributed by atoms with van der Waals surface area (Å²) >= 11 is 7.50. The van der Waals surface area contributed by atoms with E-state index < -0.39 is 10.0 Å². The Morgan fingerprint density at radius 3 is 2.32 bits per heavy atom. The Labute approximate surface area is 191 Å². The number of hydrogen-bond acceptors (Lipinski definition) is 6. The van der Waals surface area contributed by atoms with Crippen LogP contribution in [0.1, 0.15) is 16.8 Å². The van der Waals surface area contributed by atoms with Crippen LogP contribution in [0.2, 0.25) is 5.02 Å². The predicted molar refractivity (Wildman–Crippen MR) is 127 cm³/mol. The van der Waals surface area contributed by atoms with Crippen molar-refractivity contribution in [2.45, 2.75) is 11.3 Å². The summed E-state index contributed by atoms with van der Waals surface area (Å²) in [6.07, 6.45) is 0.766. The van der Waals surface area contributed by atoms with E-state index in [2.05, 4.69) is 9.88 Å². The molecule has 0 unspecified atom stereocenters. The molecule has 0 spiro atoms. The van der Waals surface area contributed by atoms with E-state index in [1.807, 2.05) is 26.2 Å². The molecule has 0 bridgehead atoms. The number of rotatable bonds is 8. The average molecular weight is 481 g/mol. The Hall–Kier alpha value is -2.04. The number of aromatic nitrogens is 1. The van der Waals surface area contributed by atoms with Crippen LogP contribution in [0.15, 0.2) is 47.4 Å². The highest BCUT2D eigenvalue weighted by Gasteiger charge is 2.23. The number of carbonyl (C=O) groups excluding carboxylic acids is 1. The number of benzene rings is 2. The number of thiazole rings is 1. The van der Waals surface area contributed by atoms with Crippen molar-refractivity contribution < 1.29 is 13.2 Å². The van der Waals surface area contributed by atoms with Gasteiger partial charge in [-0.05, 0) is 69.5 Å². The van der Waals surface area contributed by atoms with Crippen LogP contribution >= 0.6 is 22.9 Å². The number of nitrogens with zero attached hydrogens (tertiary/aromatic N) is 4. The molecule has 3 aromatic rings. The minimum Gasteiger partial charge on any atom is -0.309 e. The van der Waals surface area contributed by atoms with E-state index >= 15 is 0 Å². The molecule has 0 fully saturated rings. The van der Waals surface area contributed by atoms with Crippen molar-refractivity contribution in [1.29, 1.82) is 0 Å². The van der Waals surface area contributed by atoms with Gasteiger partial charge in [0.05, 0.1) is 15.1 Å². The number of sulfonamides is 1. The summed E-state index contributed by atoms with van der Waals surface area (Å²) in [4.78, 5) is 21.8. The first-order chi connectivity index (χ1) is 14.6. The van der Waals surface area contributed by atoms with Gasteiger partial charge in [-0.1, -0.05) is 22.9 Å². The number of amides is 1. The van der Waals surface area contributed by atoms with Gasteiger partial charge >= 0.3 is 0 Å². The number of hydrogen-bond donors (Lipinski definition) is 0. The molecule has 166 valence electrons. The fourth-order valence-corrected chi connectivity index (χ4v) is 5.13. The predicted octanol–water partition coefficient (Wildman–Crippen LogP) is 3.80. The maximum Gasteiger partial charge on any atom is 0.260 e. The van der Waals surface area contributed by atoms with Gasteiger partial charge in [0.2, 0.25) is 10.0 Å². The van der Waals surface area contributed by atoms with Crippen molar-refractivity contribution in [3.8, 4) is 0 Å². The molecule has 31 heavy (non-hydrogen) atoms. The van der Waals surface area contributed by atoms with Gasteiger partial charge in [-0.25, -0.2) is 17.7 Å². The number of halogens is 1. The van der Waals surface area contributed by atoms with E-state index in [0.717, 1.165) is 27.5 Å². The Balaban J connectivity index is 1.93. The molecule has 0 aliphatic rings. The monoisotopic (exact) mass is 480 g/mol. The minimum absolute atomic E-state index is 0.142. The maximum atomic E-state index is 13.4. The van der Waals surface area contributed by atoms with Crippen LogP contribution in [0, 0.1) is 0 Å². The highest BCUT2D eigenvalue weighted by Crippen LogP contribution is 2.31. The Morgan fingerprint density at radius 1 is 1.03 bits per heavy atom. The molecular weight excluding hydrogens is 456 g/mol. The molecule has 0 saturated heterocycles. The minimum atomic E-state index is -3.56. The average Bonchev–Trinajstić information content (AvgIpc) is 3.13. The number of carbonyl (C=O) groups is 1. The van der Waals surface area contributed by atoms with E-state index in [1.165, 1.54) is 37.6 Å². The summed E-state index contributed by atoms with van der Waals surface area (Å²) in [6.45, 7) is 1.31. The van der Waals surface area contributed by atoms with E-state index in [4.69, 9.17) is 11.6 Å². The van der Waals surface area contributed by atoms with Crippen LogP contribution in [0.25, 0.3) is 10.2 Å². The topological polar surface area (TPSA) is 73.8 Å². The van der Waals surface area contributed by atoms with Crippen molar-refractivity contribution in [2.24, 2.45) is 0 Å². The molecule has 0 aliphatic carbocycles. The van der Waals surface area contributed by atoms with E-state index in [0.29, 0.717) is 22.3 Å². The maximum absolute atomic E-state index is 13.4. The zero-order valence-corrected chi connectivity index (χ0v) is 20.3. The van der Waals surface area contributed by atoms with Crippen LogP contribution in [-0.4, -0.2) is 69.8 Å². The molecule has 0 N–H and O–H groups in total. The lowest BCUT2D eigenvalue weighted by Crippen LogP contribution is -2.33.